The largest absolute Gasteiger partial charge is 0.464 e. The van der Waals surface area contributed by atoms with Gasteiger partial charge in [0.1, 0.15) is 4.88 Å². The van der Waals surface area contributed by atoms with E-state index in [1.807, 2.05) is 0 Å². The number of rotatable bonds is 7. The summed E-state index contributed by atoms with van der Waals surface area (Å²) in [6.45, 7) is 3.06. The van der Waals surface area contributed by atoms with Crippen LogP contribution in [0.4, 0.5) is 5.13 Å². The van der Waals surface area contributed by atoms with E-state index in [1.54, 1.807) is 6.92 Å². The summed E-state index contributed by atoms with van der Waals surface area (Å²) in [4.78, 5) is 27.1. The molecule has 112 valence electrons. The van der Waals surface area contributed by atoms with Crippen molar-refractivity contribution >= 4 is 38.1 Å². The number of ether oxygens (including phenoxy) is 1. The lowest BCUT2D eigenvalue weighted by Crippen LogP contribution is -2.17. The second-order valence-corrected chi connectivity index (χ2v) is 7.38. The predicted octanol–water partition coefficient (Wildman–Crippen LogP) is 0.979. The fourth-order valence-corrected chi connectivity index (χ4v) is 2.90. The van der Waals surface area contributed by atoms with Crippen molar-refractivity contribution < 1.29 is 22.7 Å². The van der Waals surface area contributed by atoms with Crippen molar-refractivity contribution in [1.82, 2.24) is 4.98 Å². The van der Waals surface area contributed by atoms with E-state index >= 15 is 0 Å². The Hall–Kier alpha value is -1.48. The van der Waals surface area contributed by atoms with Crippen molar-refractivity contribution in [1.29, 1.82) is 0 Å². The molecular weight excluding hydrogens is 304 g/mol. The Morgan fingerprint density at radius 1 is 1.40 bits per heavy atom. The molecule has 1 N–H and O–H groups in total. The quantitative estimate of drug-likeness (QED) is 0.590. The van der Waals surface area contributed by atoms with Crippen LogP contribution in [0.15, 0.2) is 0 Å². The summed E-state index contributed by atoms with van der Waals surface area (Å²) in [7, 11) is -1.87. The number of anilines is 1. The molecular formula is C11H16N2O5S2. The maximum absolute atomic E-state index is 11.5. The summed E-state index contributed by atoms with van der Waals surface area (Å²) in [5, 5.41) is 3.12. The van der Waals surface area contributed by atoms with Crippen LogP contribution in [0.25, 0.3) is 0 Å². The number of nitrogens with one attached hydrogen (secondary N) is 1. The standard InChI is InChI=1S/C11H16N2O5S2/c1-4-20(16,17)6-5-12-11-13-8(10(15)18-3)9(19-11)7(2)14/h4-6H2,1-3H3,(H,12,13). The van der Waals surface area contributed by atoms with E-state index < -0.39 is 15.8 Å². The topological polar surface area (TPSA) is 102 Å². The summed E-state index contributed by atoms with van der Waals surface area (Å²) in [6, 6.07) is 0. The Balaban J connectivity index is 2.82. The Kier molecular flexibility index (Phi) is 5.63. The lowest BCUT2D eigenvalue weighted by molar-refractivity contribution is 0.0591. The van der Waals surface area contributed by atoms with Crippen molar-refractivity contribution in [3.8, 4) is 0 Å². The molecule has 0 bridgehead atoms. The number of nitrogens with zero attached hydrogens (tertiary/aromatic N) is 1. The minimum Gasteiger partial charge on any atom is -0.464 e. The van der Waals surface area contributed by atoms with E-state index in [4.69, 9.17) is 0 Å². The molecule has 20 heavy (non-hydrogen) atoms. The van der Waals surface area contributed by atoms with Crippen LogP contribution < -0.4 is 5.32 Å². The number of esters is 1. The molecule has 0 spiro atoms. The van der Waals surface area contributed by atoms with E-state index in [-0.39, 0.29) is 34.4 Å². The van der Waals surface area contributed by atoms with Gasteiger partial charge in [0.15, 0.2) is 26.4 Å². The van der Waals surface area contributed by atoms with Crippen molar-refractivity contribution in [3.05, 3.63) is 10.6 Å². The molecule has 0 atom stereocenters. The molecule has 0 aromatic carbocycles. The molecule has 0 saturated carbocycles. The number of methoxy groups -OCH3 is 1. The van der Waals surface area contributed by atoms with Crippen LogP contribution in [0, 0.1) is 0 Å². The summed E-state index contributed by atoms with van der Waals surface area (Å²) in [5.74, 6) is -0.956. The Labute approximate surface area is 121 Å². The van der Waals surface area contributed by atoms with E-state index in [9.17, 15) is 18.0 Å². The first kappa shape index (κ1) is 16.6. The number of ketones is 1. The SMILES string of the molecule is CCS(=O)(=O)CCNc1nc(C(=O)OC)c(C(C)=O)s1. The van der Waals surface area contributed by atoms with Crippen LogP contribution in [-0.2, 0) is 14.6 Å². The molecule has 0 radical (unpaired) electrons. The van der Waals surface area contributed by atoms with Crippen LogP contribution in [0.2, 0.25) is 0 Å². The van der Waals surface area contributed by atoms with E-state index in [1.165, 1.54) is 14.0 Å². The van der Waals surface area contributed by atoms with Crippen molar-refractivity contribution in [3.63, 3.8) is 0 Å². The summed E-state index contributed by atoms with van der Waals surface area (Å²) < 4.78 is 27.2. The highest BCUT2D eigenvalue weighted by atomic mass is 32.2. The Morgan fingerprint density at radius 2 is 2.05 bits per heavy atom. The number of carbonyl (C=O) groups is 2. The zero-order valence-corrected chi connectivity index (χ0v) is 13.1. The van der Waals surface area contributed by atoms with E-state index in [2.05, 4.69) is 15.0 Å². The second-order valence-electron chi connectivity index (χ2n) is 3.91. The van der Waals surface area contributed by atoms with Gasteiger partial charge in [-0.1, -0.05) is 18.3 Å². The molecule has 1 heterocycles. The Morgan fingerprint density at radius 3 is 2.55 bits per heavy atom. The summed E-state index contributed by atoms with van der Waals surface area (Å²) in [6.07, 6.45) is 0. The first-order valence-corrected chi connectivity index (χ1v) is 8.49. The highest BCUT2D eigenvalue weighted by molar-refractivity contribution is 7.91. The van der Waals surface area contributed by atoms with Gasteiger partial charge < -0.3 is 10.1 Å². The average molecular weight is 320 g/mol. The summed E-state index contributed by atoms with van der Waals surface area (Å²) in [5.41, 5.74) is -0.0501. The number of hydrogen-bond donors (Lipinski definition) is 1. The van der Waals surface area contributed by atoms with Gasteiger partial charge >= 0.3 is 5.97 Å². The zero-order chi connectivity index (χ0) is 15.3. The fourth-order valence-electron chi connectivity index (χ4n) is 1.33. The molecule has 1 aromatic rings. The molecule has 0 saturated heterocycles. The van der Waals surface area contributed by atoms with Gasteiger partial charge in [-0.05, 0) is 0 Å². The number of aromatic nitrogens is 1. The molecule has 0 aliphatic rings. The molecule has 0 aliphatic heterocycles. The molecule has 1 aromatic heterocycles. The van der Waals surface area contributed by atoms with Gasteiger partial charge in [-0.2, -0.15) is 0 Å². The number of sulfone groups is 1. The molecule has 9 heteroatoms. The van der Waals surface area contributed by atoms with Gasteiger partial charge in [0.25, 0.3) is 0 Å². The number of Topliss-reactive ketones (excluding diaryl/α,β-unsaturated/α-hetero) is 1. The third-order valence-corrected chi connectivity index (χ3v) is 5.27. The van der Waals surface area contributed by atoms with Crippen molar-refractivity contribution in [2.75, 3.05) is 30.5 Å². The molecule has 1 rings (SSSR count). The monoisotopic (exact) mass is 320 g/mol. The van der Waals surface area contributed by atoms with E-state index in [0.29, 0.717) is 5.13 Å². The van der Waals surface area contributed by atoms with Crippen LogP contribution in [0.5, 0.6) is 0 Å². The minimum atomic E-state index is -3.07. The molecule has 0 fully saturated rings. The molecule has 7 nitrogen and oxygen atoms in total. The second kappa shape index (κ2) is 6.80. The lowest BCUT2D eigenvalue weighted by Gasteiger charge is -2.02. The summed E-state index contributed by atoms with van der Waals surface area (Å²) >= 11 is 1.00. The first-order chi connectivity index (χ1) is 9.30. The van der Waals surface area contributed by atoms with E-state index in [0.717, 1.165) is 11.3 Å². The van der Waals surface area contributed by atoms with Gasteiger partial charge in [-0.25, -0.2) is 18.2 Å². The number of carbonyl (C=O) groups excluding carboxylic acids is 2. The highest BCUT2D eigenvalue weighted by Crippen LogP contribution is 2.24. The van der Waals surface area contributed by atoms with Crippen molar-refractivity contribution in [2.24, 2.45) is 0 Å². The van der Waals surface area contributed by atoms with Gasteiger partial charge in [0.05, 0.1) is 12.9 Å². The minimum absolute atomic E-state index is 0.0357. The Bertz CT molecular complexity index is 606. The van der Waals surface area contributed by atoms with Gasteiger partial charge in [-0.3, -0.25) is 4.79 Å². The van der Waals surface area contributed by atoms with Crippen molar-refractivity contribution in [2.45, 2.75) is 13.8 Å². The third-order valence-electron chi connectivity index (χ3n) is 2.45. The molecule has 0 unspecified atom stereocenters. The first-order valence-electron chi connectivity index (χ1n) is 5.85. The molecule has 0 aliphatic carbocycles. The molecule has 0 amide bonds. The van der Waals surface area contributed by atoms with Crippen LogP contribution >= 0.6 is 11.3 Å². The van der Waals surface area contributed by atoms with Crippen LogP contribution in [0.3, 0.4) is 0 Å². The smallest absolute Gasteiger partial charge is 0.358 e. The lowest BCUT2D eigenvalue weighted by atomic mass is 10.3. The third kappa shape index (κ3) is 4.27. The van der Waals surface area contributed by atoms with Crippen LogP contribution in [0.1, 0.15) is 34.0 Å². The van der Waals surface area contributed by atoms with Gasteiger partial charge in [0.2, 0.25) is 0 Å². The predicted molar refractivity (Wildman–Crippen MR) is 76.3 cm³/mol. The van der Waals surface area contributed by atoms with Crippen LogP contribution in [-0.4, -0.2) is 50.3 Å². The van der Waals surface area contributed by atoms with Gasteiger partial charge in [-0.15, -0.1) is 0 Å². The maximum atomic E-state index is 11.5. The normalized spacial score (nSPS) is 11.2. The maximum Gasteiger partial charge on any atom is 0.358 e. The number of hydrogen-bond acceptors (Lipinski definition) is 8. The average Bonchev–Trinajstić information content (AvgIpc) is 2.82. The number of thiazole rings is 1. The highest BCUT2D eigenvalue weighted by Gasteiger charge is 2.21. The fraction of sp³-hybridized carbons (Fsp3) is 0.545. The van der Waals surface area contributed by atoms with Gasteiger partial charge in [0, 0.05) is 19.2 Å². The zero-order valence-electron chi connectivity index (χ0n) is 11.4.